The number of hydrogen-bond donors (Lipinski definition) is 2. The van der Waals surface area contributed by atoms with Crippen LogP contribution in [-0.4, -0.2) is 36.8 Å². The lowest BCUT2D eigenvalue weighted by atomic mass is 10.2. The number of anilines is 2. The molecule has 1 aromatic rings. The van der Waals surface area contributed by atoms with E-state index in [1.54, 1.807) is 13.4 Å². The predicted molar refractivity (Wildman–Crippen MR) is 73.4 cm³/mol. The number of nitrogens with zero attached hydrogens (tertiary/aromatic N) is 2. The SMILES string of the molecule is CCNc1ncnc(NCC(C)COC)c1Br. The fourth-order valence-electron chi connectivity index (χ4n) is 1.40. The molecule has 1 unspecified atom stereocenters. The topological polar surface area (TPSA) is 59.1 Å². The first kappa shape index (κ1) is 14.2. The zero-order valence-corrected chi connectivity index (χ0v) is 12.0. The highest BCUT2D eigenvalue weighted by molar-refractivity contribution is 9.10. The third-order valence-electron chi connectivity index (χ3n) is 2.20. The summed E-state index contributed by atoms with van der Waals surface area (Å²) in [6, 6.07) is 0. The molecule has 0 radical (unpaired) electrons. The average Bonchev–Trinajstić information content (AvgIpc) is 2.31. The van der Waals surface area contributed by atoms with Gasteiger partial charge >= 0.3 is 0 Å². The minimum Gasteiger partial charge on any atom is -0.384 e. The zero-order valence-electron chi connectivity index (χ0n) is 10.5. The van der Waals surface area contributed by atoms with Crippen molar-refractivity contribution < 1.29 is 4.74 Å². The summed E-state index contributed by atoms with van der Waals surface area (Å²) in [5, 5.41) is 6.44. The Morgan fingerprint density at radius 1 is 1.35 bits per heavy atom. The molecular formula is C11H19BrN4O. The Balaban J connectivity index is 2.61. The summed E-state index contributed by atoms with van der Waals surface area (Å²) in [6.07, 6.45) is 1.55. The fourth-order valence-corrected chi connectivity index (χ4v) is 1.88. The van der Waals surface area contributed by atoms with Gasteiger partial charge in [0.05, 0.1) is 6.61 Å². The van der Waals surface area contributed by atoms with Gasteiger partial charge in [-0.15, -0.1) is 0 Å². The molecule has 0 aliphatic heterocycles. The van der Waals surface area contributed by atoms with Crippen molar-refractivity contribution in [2.24, 2.45) is 5.92 Å². The summed E-state index contributed by atoms with van der Waals surface area (Å²) in [5.74, 6) is 2.05. The minimum absolute atomic E-state index is 0.435. The molecule has 1 heterocycles. The van der Waals surface area contributed by atoms with E-state index >= 15 is 0 Å². The molecule has 0 fully saturated rings. The monoisotopic (exact) mass is 302 g/mol. The highest BCUT2D eigenvalue weighted by Crippen LogP contribution is 2.26. The van der Waals surface area contributed by atoms with Crippen molar-refractivity contribution in [3.8, 4) is 0 Å². The van der Waals surface area contributed by atoms with Crippen molar-refractivity contribution in [3.63, 3.8) is 0 Å². The molecule has 0 amide bonds. The summed E-state index contributed by atoms with van der Waals surface area (Å²) in [5.41, 5.74) is 0. The second kappa shape index (κ2) is 7.45. The van der Waals surface area contributed by atoms with Gasteiger partial charge in [-0.1, -0.05) is 6.92 Å². The van der Waals surface area contributed by atoms with E-state index in [9.17, 15) is 0 Å². The lowest BCUT2D eigenvalue weighted by Crippen LogP contribution is -2.17. The van der Waals surface area contributed by atoms with Crippen LogP contribution in [0, 0.1) is 5.92 Å². The molecule has 2 N–H and O–H groups in total. The van der Waals surface area contributed by atoms with E-state index in [2.05, 4.69) is 43.5 Å². The van der Waals surface area contributed by atoms with Crippen molar-refractivity contribution in [2.45, 2.75) is 13.8 Å². The van der Waals surface area contributed by atoms with Crippen LogP contribution in [0.5, 0.6) is 0 Å². The number of hydrogen-bond acceptors (Lipinski definition) is 5. The van der Waals surface area contributed by atoms with E-state index in [0.29, 0.717) is 5.92 Å². The maximum absolute atomic E-state index is 5.09. The molecule has 6 heteroatoms. The van der Waals surface area contributed by atoms with E-state index in [0.717, 1.165) is 35.8 Å². The van der Waals surface area contributed by atoms with Crippen molar-refractivity contribution >= 4 is 27.6 Å². The third kappa shape index (κ3) is 4.47. The van der Waals surface area contributed by atoms with Crippen LogP contribution >= 0.6 is 15.9 Å². The Labute approximate surface area is 111 Å². The van der Waals surface area contributed by atoms with Gasteiger partial charge in [0.2, 0.25) is 0 Å². The summed E-state index contributed by atoms with van der Waals surface area (Å²) >= 11 is 3.49. The number of methoxy groups -OCH3 is 1. The van der Waals surface area contributed by atoms with Crippen LogP contribution in [0.4, 0.5) is 11.6 Å². The molecule has 1 rings (SSSR count). The second-order valence-electron chi connectivity index (χ2n) is 3.86. The van der Waals surface area contributed by atoms with Crippen molar-refractivity contribution in [2.75, 3.05) is 37.4 Å². The average molecular weight is 303 g/mol. The molecule has 1 atom stereocenters. The smallest absolute Gasteiger partial charge is 0.145 e. The largest absolute Gasteiger partial charge is 0.384 e. The minimum atomic E-state index is 0.435. The number of halogens is 1. The molecule has 1 aromatic heterocycles. The van der Waals surface area contributed by atoms with E-state index < -0.39 is 0 Å². The lowest BCUT2D eigenvalue weighted by Gasteiger charge is -2.14. The van der Waals surface area contributed by atoms with Gasteiger partial charge in [0.25, 0.3) is 0 Å². The van der Waals surface area contributed by atoms with Crippen LogP contribution < -0.4 is 10.6 Å². The lowest BCUT2D eigenvalue weighted by molar-refractivity contribution is 0.164. The Morgan fingerprint density at radius 2 is 2.00 bits per heavy atom. The second-order valence-corrected chi connectivity index (χ2v) is 4.65. The Morgan fingerprint density at radius 3 is 2.59 bits per heavy atom. The van der Waals surface area contributed by atoms with Gasteiger partial charge in [-0.05, 0) is 28.8 Å². The number of ether oxygens (including phenoxy) is 1. The first-order valence-electron chi connectivity index (χ1n) is 5.66. The number of aromatic nitrogens is 2. The van der Waals surface area contributed by atoms with Crippen molar-refractivity contribution in [1.29, 1.82) is 0 Å². The van der Waals surface area contributed by atoms with Gasteiger partial charge in [0.1, 0.15) is 22.4 Å². The molecule has 0 spiro atoms. The normalized spacial score (nSPS) is 12.2. The first-order valence-corrected chi connectivity index (χ1v) is 6.45. The summed E-state index contributed by atoms with van der Waals surface area (Å²) < 4.78 is 5.95. The Bertz CT molecular complexity index is 348. The van der Waals surface area contributed by atoms with E-state index in [4.69, 9.17) is 4.74 Å². The van der Waals surface area contributed by atoms with Gasteiger partial charge in [0, 0.05) is 20.2 Å². The highest BCUT2D eigenvalue weighted by atomic mass is 79.9. The molecule has 0 saturated carbocycles. The molecule has 0 saturated heterocycles. The third-order valence-corrected chi connectivity index (χ3v) is 2.95. The fraction of sp³-hybridized carbons (Fsp3) is 0.636. The molecular weight excluding hydrogens is 284 g/mol. The van der Waals surface area contributed by atoms with E-state index in [-0.39, 0.29) is 0 Å². The maximum Gasteiger partial charge on any atom is 0.145 e. The molecule has 0 aromatic carbocycles. The van der Waals surface area contributed by atoms with Crippen molar-refractivity contribution in [1.82, 2.24) is 9.97 Å². The highest BCUT2D eigenvalue weighted by Gasteiger charge is 2.09. The Hall–Kier alpha value is -0.880. The molecule has 17 heavy (non-hydrogen) atoms. The molecule has 0 aliphatic rings. The van der Waals surface area contributed by atoms with E-state index in [1.165, 1.54) is 0 Å². The van der Waals surface area contributed by atoms with Crippen LogP contribution in [-0.2, 0) is 4.74 Å². The molecule has 96 valence electrons. The van der Waals surface area contributed by atoms with Gasteiger partial charge < -0.3 is 15.4 Å². The van der Waals surface area contributed by atoms with Gasteiger partial charge in [0.15, 0.2) is 0 Å². The van der Waals surface area contributed by atoms with Gasteiger partial charge in [-0.25, -0.2) is 9.97 Å². The number of nitrogens with one attached hydrogen (secondary N) is 2. The predicted octanol–water partition coefficient (Wildman–Crippen LogP) is 2.37. The first-order chi connectivity index (χ1) is 8.19. The summed E-state index contributed by atoms with van der Waals surface area (Å²) in [6.45, 7) is 6.53. The zero-order chi connectivity index (χ0) is 12.7. The quantitative estimate of drug-likeness (QED) is 0.810. The maximum atomic E-state index is 5.09. The molecule has 0 aliphatic carbocycles. The number of rotatable bonds is 7. The Kier molecular flexibility index (Phi) is 6.21. The van der Waals surface area contributed by atoms with Gasteiger partial charge in [-0.2, -0.15) is 0 Å². The van der Waals surface area contributed by atoms with E-state index in [1.807, 2.05) is 6.92 Å². The summed E-state index contributed by atoms with van der Waals surface area (Å²) in [4.78, 5) is 8.36. The van der Waals surface area contributed by atoms with Crippen LogP contribution in [0.25, 0.3) is 0 Å². The summed E-state index contributed by atoms with van der Waals surface area (Å²) in [7, 11) is 1.71. The molecule has 5 nitrogen and oxygen atoms in total. The molecule has 0 bridgehead atoms. The van der Waals surface area contributed by atoms with Crippen LogP contribution in [0.2, 0.25) is 0 Å². The van der Waals surface area contributed by atoms with Gasteiger partial charge in [-0.3, -0.25) is 0 Å². The van der Waals surface area contributed by atoms with Crippen molar-refractivity contribution in [3.05, 3.63) is 10.8 Å². The van der Waals surface area contributed by atoms with Crippen LogP contribution in [0.1, 0.15) is 13.8 Å². The standard InChI is InChI=1S/C11H19BrN4O/c1-4-13-10-9(12)11(16-7-15-10)14-5-8(2)6-17-3/h7-8H,4-6H2,1-3H3,(H2,13,14,15,16). The van der Waals surface area contributed by atoms with Crippen LogP contribution in [0.3, 0.4) is 0 Å². The van der Waals surface area contributed by atoms with Crippen LogP contribution in [0.15, 0.2) is 10.8 Å².